The third kappa shape index (κ3) is 4.02. The first-order valence-electron chi connectivity index (χ1n) is 6.12. The highest BCUT2D eigenvalue weighted by molar-refractivity contribution is 7.84. The minimum atomic E-state index is -4.39. The van der Waals surface area contributed by atoms with Crippen molar-refractivity contribution in [2.45, 2.75) is 44.7 Å². The first kappa shape index (κ1) is 17.1. The summed E-state index contributed by atoms with van der Waals surface area (Å²) in [6.07, 6.45) is -3.59. The van der Waals surface area contributed by atoms with E-state index in [1.165, 1.54) is 6.07 Å². The molecule has 1 aromatic heterocycles. The minimum Gasteiger partial charge on any atom is -0.259 e. The number of nitrogens with zero attached hydrogens (tertiary/aromatic N) is 2. The molecule has 1 rings (SSSR count). The number of rotatable bonds is 3. The third-order valence-electron chi connectivity index (χ3n) is 2.87. The lowest BCUT2D eigenvalue weighted by atomic mass is 10.2. The zero-order valence-electron chi connectivity index (χ0n) is 12.2. The van der Waals surface area contributed by atoms with Crippen LogP contribution in [0.4, 0.5) is 13.2 Å². The molecule has 0 amide bonds. The summed E-state index contributed by atoms with van der Waals surface area (Å²) in [7, 11) is 0.408. The van der Waals surface area contributed by atoms with Crippen LogP contribution in [-0.4, -0.2) is 25.3 Å². The summed E-state index contributed by atoms with van der Waals surface area (Å²) in [5.74, 6) is 0. The Morgan fingerprint density at radius 3 is 2.15 bits per heavy atom. The normalized spacial score (nSPS) is 16.2. The second-order valence-corrected chi connectivity index (χ2v) is 7.85. The minimum absolute atomic E-state index is 0.336. The van der Waals surface area contributed by atoms with Gasteiger partial charge in [-0.2, -0.15) is 13.2 Å². The first-order valence-corrected chi connectivity index (χ1v) is 7.23. The predicted molar refractivity (Wildman–Crippen MR) is 73.3 cm³/mol. The van der Waals surface area contributed by atoms with E-state index in [1.54, 1.807) is 18.3 Å². The molecule has 3 nitrogen and oxygen atoms in total. The topological polar surface area (TPSA) is 33.2 Å². The Kier molecular flexibility index (Phi) is 4.97. The highest BCUT2D eigenvalue weighted by Gasteiger charge is 2.32. The van der Waals surface area contributed by atoms with E-state index in [0.717, 1.165) is 12.3 Å². The van der Waals surface area contributed by atoms with Gasteiger partial charge in [0.05, 0.1) is 22.0 Å². The van der Waals surface area contributed by atoms with Crippen LogP contribution < -0.4 is 0 Å². The number of alkyl halides is 3. The van der Waals surface area contributed by atoms with E-state index in [0.29, 0.717) is 5.69 Å². The summed E-state index contributed by atoms with van der Waals surface area (Å²) < 4.78 is 50.8. The van der Waals surface area contributed by atoms with Gasteiger partial charge >= 0.3 is 6.18 Å². The Balaban J connectivity index is 2.93. The van der Waals surface area contributed by atoms with Crippen LogP contribution in [0.1, 0.15) is 45.0 Å². The Morgan fingerprint density at radius 1 is 1.25 bits per heavy atom. The van der Waals surface area contributed by atoms with Gasteiger partial charge in [0.25, 0.3) is 0 Å². The first-order chi connectivity index (χ1) is 8.94. The number of halogens is 3. The van der Waals surface area contributed by atoms with Crippen molar-refractivity contribution in [2.75, 3.05) is 7.05 Å². The zero-order chi connectivity index (χ0) is 15.7. The van der Waals surface area contributed by atoms with Gasteiger partial charge in [0.2, 0.25) is 0 Å². The predicted octanol–water partition coefficient (Wildman–Crippen LogP) is 3.56. The van der Waals surface area contributed by atoms with Gasteiger partial charge in [-0.05, 0) is 39.8 Å². The third-order valence-corrected chi connectivity index (χ3v) is 4.76. The van der Waals surface area contributed by atoms with Gasteiger partial charge in [-0.1, -0.05) is 0 Å². The summed E-state index contributed by atoms with van der Waals surface area (Å²) in [6.45, 7) is 7.28. The van der Waals surface area contributed by atoms with Crippen molar-refractivity contribution in [3.8, 4) is 0 Å². The van der Waals surface area contributed by atoms with E-state index in [1.807, 2.05) is 20.8 Å². The molecule has 0 saturated heterocycles. The largest absolute Gasteiger partial charge is 0.417 e. The van der Waals surface area contributed by atoms with Crippen LogP contribution in [-0.2, 0) is 17.2 Å². The van der Waals surface area contributed by atoms with Gasteiger partial charge in [-0.15, -0.1) is 0 Å². The maximum atomic E-state index is 12.5. The Labute approximate surface area is 119 Å². The molecule has 7 heteroatoms. The van der Waals surface area contributed by atoms with Crippen LogP contribution in [0.25, 0.3) is 0 Å². The van der Waals surface area contributed by atoms with Crippen molar-refractivity contribution < 1.29 is 17.4 Å². The monoisotopic (exact) mass is 308 g/mol. The maximum absolute atomic E-state index is 12.5. The molecule has 0 aromatic carbocycles. The fourth-order valence-electron chi connectivity index (χ4n) is 1.58. The summed E-state index contributed by atoms with van der Waals surface area (Å²) in [6, 6.07) is 1.98. The highest BCUT2D eigenvalue weighted by atomic mass is 32.2. The van der Waals surface area contributed by atoms with Gasteiger partial charge in [-0.25, -0.2) is 8.51 Å². The van der Waals surface area contributed by atoms with E-state index in [9.17, 15) is 17.4 Å². The van der Waals surface area contributed by atoms with E-state index < -0.39 is 27.5 Å². The average molecular weight is 308 g/mol. The van der Waals surface area contributed by atoms with Gasteiger partial charge in [0.15, 0.2) is 0 Å². The Bertz CT molecular complexity index is 480. The Hall–Kier alpha value is -0.950. The smallest absolute Gasteiger partial charge is 0.259 e. The summed E-state index contributed by atoms with van der Waals surface area (Å²) in [4.78, 5) is 3.83. The van der Waals surface area contributed by atoms with E-state index in [4.69, 9.17) is 0 Å². The van der Waals surface area contributed by atoms with Gasteiger partial charge in [0.1, 0.15) is 11.0 Å². The molecule has 2 atom stereocenters. The number of hydrogen-bond donors (Lipinski definition) is 0. The summed E-state index contributed by atoms with van der Waals surface area (Å²) in [5, 5.41) is 0. The molecule has 0 unspecified atom stereocenters. The van der Waals surface area contributed by atoms with Gasteiger partial charge in [-0.3, -0.25) is 4.98 Å². The molecular weight excluding hydrogens is 289 g/mol. The summed E-state index contributed by atoms with van der Waals surface area (Å²) >= 11 is 0. The van der Waals surface area contributed by atoms with E-state index in [-0.39, 0.29) is 6.04 Å². The molecular formula is C13H19F3N2OS. The lowest BCUT2D eigenvalue weighted by Gasteiger charge is -2.29. The molecule has 0 radical (unpaired) electrons. The molecule has 1 aromatic rings. The van der Waals surface area contributed by atoms with Crippen molar-refractivity contribution in [1.82, 2.24) is 9.29 Å². The highest BCUT2D eigenvalue weighted by Crippen LogP contribution is 2.30. The van der Waals surface area contributed by atoms with Crippen molar-refractivity contribution in [1.29, 1.82) is 0 Å². The quantitative estimate of drug-likeness (QED) is 0.855. The van der Waals surface area contributed by atoms with Gasteiger partial charge in [0, 0.05) is 13.2 Å². The molecule has 0 aliphatic carbocycles. The van der Waals surface area contributed by atoms with E-state index >= 15 is 0 Å². The molecule has 0 bridgehead atoms. The second kappa shape index (κ2) is 5.81. The van der Waals surface area contributed by atoms with Crippen LogP contribution in [0, 0.1) is 0 Å². The molecule has 0 aliphatic rings. The second-order valence-electron chi connectivity index (χ2n) is 5.55. The molecule has 0 spiro atoms. The number of aromatic nitrogens is 1. The van der Waals surface area contributed by atoms with Crippen LogP contribution in [0.15, 0.2) is 18.3 Å². The standard InChI is InChI=1S/C13H19F3N2OS/c1-9(18(5)20(19)12(2,3)4)11-7-6-10(8-17-11)13(14,15)16/h6-9H,1-5H3/t9-,20-/m1/s1. The van der Waals surface area contributed by atoms with Crippen molar-refractivity contribution in [3.05, 3.63) is 29.6 Å². The van der Waals surface area contributed by atoms with Crippen molar-refractivity contribution >= 4 is 11.0 Å². The molecule has 1 heterocycles. The molecule has 0 saturated carbocycles. The molecule has 0 N–H and O–H groups in total. The number of pyridine rings is 1. The lowest BCUT2D eigenvalue weighted by molar-refractivity contribution is -0.137. The maximum Gasteiger partial charge on any atom is 0.417 e. The average Bonchev–Trinajstić information content (AvgIpc) is 2.34. The molecule has 0 aliphatic heterocycles. The SMILES string of the molecule is C[C@H](c1ccc(C(F)(F)F)cn1)N(C)[S@](=O)C(C)(C)C. The van der Waals surface area contributed by atoms with Gasteiger partial charge < -0.3 is 0 Å². The zero-order valence-corrected chi connectivity index (χ0v) is 13.0. The fraction of sp³-hybridized carbons (Fsp3) is 0.615. The van der Waals surface area contributed by atoms with Crippen molar-refractivity contribution in [3.63, 3.8) is 0 Å². The van der Waals surface area contributed by atoms with Crippen molar-refractivity contribution in [2.24, 2.45) is 0 Å². The molecule has 0 fully saturated rings. The van der Waals surface area contributed by atoms with Crippen LogP contribution in [0.2, 0.25) is 0 Å². The molecule has 20 heavy (non-hydrogen) atoms. The molecule has 114 valence electrons. The fourth-order valence-corrected chi connectivity index (χ4v) is 2.84. The lowest BCUT2D eigenvalue weighted by Crippen LogP contribution is -2.36. The summed E-state index contributed by atoms with van der Waals surface area (Å²) in [5.41, 5.74) is -0.328. The van der Waals surface area contributed by atoms with Crippen LogP contribution in [0.3, 0.4) is 0 Å². The Morgan fingerprint density at radius 2 is 1.80 bits per heavy atom. The van der Waals surface area contributed by atoms with Crippen LogP contribution >= 0.6 is 0 Å². The number of hydrogen-bond acceptors (Lipinski definition) is 2. The van der Waals surface area contributed by atoms with E-state index in [2.05, 4.69) is 4.98 Å². The van der Waals surface area contributed by atoms with Crippen LogP contribution in [0.5, 0.6) is 0 Å².